The van der Waals surface area contributed by atoms with E-state index in [1.54, 1.807) is 18.6 Å². The van der Waals surface area contributed by atoms with Gasteiger partial charge < -0.3 is 0 Å². The first-order chi connectivity index (χ1) is 8.35. The molecule has 2 aromatic heterocycles. The van der Waals surface area contributed by atoms with Crippen LogP contribution < -0.4 is 0 Å². The van der Waals surface area contributed by atoms with Crippen LogP contribution in [-0.2, 0) is 6.54 Å². The van der Waals surface area contributed by atoms with Gasteiger partial charge in [-0.3, -0.25) is 14.5 Å². The molecule has 0 amide bonds. The Morgan fingerprint density at radius 3 is 2.76 bits per heavy atom. The first-order valence-electron chi connectivity index (χ1n) is 5.78. The van der Waals surface area contributed by atoms with Crippen LogP contribution in [0.3, 0.4) is 0 Å². The Bertz CT molecular complexity index is 491. The molecule has 2 aromatic rings. The van der Waals surface area contributed by atoms with E-state index in [0.29, 0.717) is 5.56 Å². The fourth-order valence-corrected chi connectivity index (χ4v) is 1.69. The number of carbonyl (C=O) groups excluding carboxylic acids is 1. The SMILES string of the molecule is CCCCn1cc(C=O)c(-c2ccncc2)n1. The Labute approximate surface area is 100 Å². The summed E-state index contributed by atoms with van der Waals surface area (Å²) in [4.78, 5) is 15.0. The van der Waals surface area contributed by atoms with Crippen LogP contribution in [0.2, 0.25) is 0 Å². The van der Waals surface area contributed by atoms with Crippen LogP contribution in [0.15, 0.2) is 30.7 Å². The summed E-state index contributed by atoms with van der Waals surface area (Å²) in [5, 5.41) is 4.45. The number of nitrogens with zero attached hydrogens (tertiary/aromatic N) is 3. The van der Waals surface area contributed by atoms with E-state index in [1.807, 2.05) is 16.8 Å². The number of pyridine rings is 1. The molecular formula is C13H15N3O. The molecule has 0 aliphatic heterocycles. The minimum absolute atomic E-state index is 0.632. The predicted octanol–water partition coefficient (Wildman–Crippen LogP) is 2.56. The lowest BCUT2D eigenvalue weighted by Gasteiger charge is -1.98. The van der Waals surface area contributed by atoms with Gasteiger partial charge in [0.2, 0.25) is 0 Å². The van der Waals surface area contributed by atoms with Crippen molar-refractivity contribution in [2.75, 3.05) is 0 Å². The molecule has 2 rings (SSSR count). The van der Waals surface area contributed by atoms with Gasteiger partial charge in [0.15, 0.2) is 6.29 Å². The topological polar surface area (TPSA) is 47.8 Å². The standard InChI is InChI=1S/C13H15N3O/c1-2-3-8-16-9-12(10-17)13(15-16)11-4-6-14-7-5-11/h4-7,9-10H,2-3,8H2,1H3. The van der Waals surface area contributed by atoms with Crippen LogP contribution in [0.5, 0.6) is 0 Å². The van der Waals surface area contributed by atoms with Crippen molar-refractivity contribution in [1.29, 1.82) is 0 Å². The Hall–Kier alpha value is -1.97. The summed E-state index contributed by atoms with van der Waals surface area (Å²) in [5.41, 5.74) is 2.29. The largest absolute Gasteiger partial charge is 0.298 e. The van der Waals surface area contributed by atoms with E-state index in [9.17, 15) is 4.79 Å². The molecule has 0 N–H and O–H groups in total. The number of carbonyl (C=O) groups is 1. The lowest BCUT2D eigenvalue weighted by Crippen LogP contribution is -1.97. The van der Waals surface area contributed by atoms with E-state index >= 15 is 0 Å². The van der Waals surface area contributed by atoms with E-state index < -0.39 is 0 Å². The third-order valence-corrected chi connectivity index (χ3v) is 2.61. The minimum Gasteiger partial charge on any atom is -0.298 e. The highest BCUT2D eigenvalue weighted by Gasteiger charge is 2.09. The van der Waals surface area contributed by atoms with E-state index in [1.165, 1.54) is 0 Å². The molecule has 4 nitrogen and oxygen atoms in total. The number of unbranched alkanes of at least 4 members (excludes halogenated alkanes) is 1. The van der Waals surface area contributed by atoms with Crippen LogP contribution in [0.1, 0.15) is 30.1 Å². The van der Waals surface area contributed by atoms with Crippen molar-refractivity contribution in [3.63, 3.8) is 0 Å². The summed E-state index contributed by atoms with van der Waals surface area (Å²) in [6, 6.07) is 3.72. The fourth-order valence-electron chi connectivity index (χ4n) is 1.69. The summed E-state index contributed by atoms with van der Waals surface area (Å²) in [6.45, 7) is 2.98. The van der Waals surface area contributed by atoms with Crippen LogP contribution in [0, 0.1) is 0 Å². The molecular weight excluding hydrogens is 214 g/mol. The van der Waals surface area contributed by atoms with E-state index in [-0.39, 0.29) is 0 Å². The molecule has 0 saturated heterocycles. The van der Waals surface area contributed by atoms with Gasteiger partial charge in [0, 0.05) is 30.7 Å². The second-order valence-electron chi connectivity index (χ2n) is 3.90. The quantitative estimate of drug-likeness (QED) is 0.740. The second kappa shape index (κ2) is 5.39. The summed E-state index contributed by atoms with van der Waals surface area (Å²) in [5.74, 6) is 0. The van der Waals surface area contributed by atoms with Gasteiger partial charge >= 0.3 is 0 Å². The molecule has 0 aliphatic rings. The van der Waals surface area contributed by atoms with E-state index in [4.69, 9.17) is 0 Å². The number of aromatic nitrogens is 3. The molecule has 0 spiro atoms. The van der Waals surface area contributed by atoms with Crippen molar-refractivity contribution in [3.8, 4) is 11.3 Å². The molecule has 2 heterocycles. The average molecular weight is 229 g/mol. The molecule has 88 valence electrons. The summed E-state index contributed by atoms with van der Waals surface area (Å²) in [6.07, 6.45) is 8.24. The first-order valence-corrected chi connectivity index (χ1v) is 5.78. The van der Waals surface area contributed by atoms with Gasteiger partial charge in [-0.15, -0.1) is 0 Å². The number of hydrogen-bond donors (Lipinski definition) is 0. The average Bonchev–Trinajstić information content (AvgIpc) is 2.80. The lowest BCUT2D eigenvalue weighted by molar-refractivity contribution is 0.112. The molecule has 0 aromatic carbocycles. The predicted molar refractivity (Wildman–Crippen MR) is 65.8 cm³/mol. The Kier molecular flexibility index (Phi) is 3.65. The second-order valence-corrected chi connectivity index (χ2v) is 3.90. The number of rotatable bonds is 5. The maximum absolute atomic E-state index is 11.0. The first kappa shape index (κ1) is 11.5. The van der Waals surface area contributed by atoms with Gasteiger partial charge in [-0.25, -0.2) is 0 Å². The normalized spacial score (nSPS) is 10.4. The van der Waals surface area contributed by atoms with Crippen molar-refractivity contribution in [1.82, 2.24) is 14.8 Å². The summed E-state index contributed by atoms with van der Waals surface area (Å²) < 4.78 is 1.84. The molecule has 0 bridgehead atoms. The monoisotopic (exact) mass is 229 g/mol. The van der Waals surface area contributed by atoms with Crippen molar-refractivity contribution in [2.45, 2.75) is 26.3 Å². The molecule has 0 radical (unpaired) electrons. The van der Waals surface area contributed by atoms with Crippen molar-refractivity contribution < 1.29 is 4.79 Å². The zero-order valence-corrected chi connectivity index (χ0v) is 9.84. The summed E-state index contributed by atoms with van der Waals surface area (Å²) in [7, 11) is 0. The Morgan fingerprint density at radius 1 is 1.35 bits per heavy atom. The molecule has 0 atom stereocenters. The fraction of sp³-hybridized carbons (Fsp3) is 0.308. The van der Waals surface area contributed by atoms with Crippen molar-refractivity contribution in [3.05, 3.63) is 36.3 Å². The molecule has 4 heteroatoms. The summed E-state index contributed by atoms with van der Waals surface area (Å²) >= 11 is 0. The zero-order valence-electron chi connectivity index (χ0n) is 9.84. The van der Waals surface area contributed by atoms with Crippen molar-refractivity contribution in [2.24, 2.45) is 0 Å². The molecule has 0 saturated carbocycles. The highest BCUT2D eigenvalue weighted by Crippen LogP contribution is 2.19. The van der Waals surface area contributed by atoms with E-state index in [2.05, 4.69) is 17.0 Å². The smallest absolute Gasteiger partial charge is 0.153 e. The molecule has 0 aliphatic carbocycles. The van der Waals surface area contributed by atoms with Gasteiger partial charge in [-0.05, 0) is 18.6 Å². The van der Waals surface area contributed by atoms with Gasteiger partial charge in [0.05, 0.1) is 5.56 Å². The molecule has 17 heavy (non-hydrogen) atoms. The van der Waals surface area contributed by atoms with Gasteiger partial charge in [0.25, 0.3) is 0 Å². The van der Waals surface area contributed by atoms with Gasteiger partial charge in [-0.1, -0.05) is 13.3 Å². The minimum atomic E-state index is 0.632. The third-order valence-electron chi connectivity index (χ3n) is 2.61. The van der Waals surface area contributed by atoms with Crippen LogP contribution in [-0.4, -0.2) is 21.1 Å². The maximum Gasteiger partial charge on any atom is 0.153 e. The third kappa shape index (κ3) is 2.58. The number of aldehydes is 1. The molecule has 0 fully saturated rings. The Balaban J connectivity index is 2.33. The van der Waals surface area contributed by atoms with E-state index in [0.717, 1.165) is 36.9 Å². The Morgan fingerprint density at radius 2 is 2.12 bits per heavy atom. The lowest BCUT2D eigenvalue weighted by atomic mass is 10.1. The van der Waals surface area contributed by atoms with Crippen LogP contribution in [0.25, 0.3) is 11.3 Å². The number of hydrogen-bond acceptors (Lipinski definition) is 3. The zero-order chi connectivity index (χ0) is 12.1. The van der Waals surface area contributed by atoms with Crippen LogP contribution >= 0.6 is 0 Å². The van der Waals surface area contributed by atoms with Gasteiger partial charge in [-0.2, -0.15) is 5.10 Å². The molecule has 0 unspecified atom stereocenters. The van der Waals surface area contributed by atoms with Gasteiger partial charge in [0.1, 0.15) is 5.69 Å². The number of aryl methyl sites for hydroxylation is 1. The highest BCUT2D eigenvalue weighted by atomic mass is 16.1. The maximum atomic E-state index is 11.0. The van der Waals surface area contributed by atoms with Crippen LogP contribution in [0.4, 0.5) is 0 Å². The highest BCUT2D eigenvalue weighted by molar-refractivity contribution is 5.85. The van der Waals surface area contributed by atoms with Crippen molar-refractivity contribution >= 4 is 6.29 Å².